The highest BCUT2D eigenvalue weighted by atomic mass is 35.5. The van der Waals surface area contributed by atoms with E-state index in [-0.39, 0.29) is 10.6 Å². The first-order chi connectivity index (χ1) is 16.5. The van der Waals surface area contributed by atoms with Crippen LogP contribution in [0, 0.1) is 0 Å². The summed E-state index contributed by atoms with van der Waals surface area (Å²) in [5.74, 6) is 0.358. The Balaban J connectivity index is 1.42. The van der Waals surface area contributed by atoms with Gasteiger partial charge in [0.1, 0.15) is 18.6 Å². The molecule has 8 nitrogen and oxygen atoms in total. The van der Waals surface area contributed by atoms with E-state index in [0.717, 1.165) is 27.8 Å². The molecule has 1 heterocycles. The highest BCUT2D eigenvalue weighted by molar-refractivity contribution is 6.33. The van der Waals surface area contributed by atoms with E-state index in [4.69, 9.17) is 16.3 Å². The van der Waals surface area contributed by atoms with E-state index in [1.54, 1.807) is 0 Å². The number of ether oxygens (including phenoxy) is 1. The predicted molar refractivity (Wildman–Crippen MR) is 129 cm³/mol. The molecule has 172 valence electrons. The molecule has 34 heavy (non-hydrogen) atoms. The molecule has 0 aliphatic carbocycles. The molecule has 0 atom stereocenters. The first kappa shape index (κ1) is 23.0. The number of carbonyl (C=O) groups excluding carboxylic acids is 1. The predicted octanol–water partition coefficient (Wildman–Crippen LogP) is 3.13. The number of aromatic nitrogens is 3. The molecule has 4 aromatic rings. The van der Waals surface area contributed by atoms with Crippen molar-refractivity contribution >= 4 is 17.5 Å². The monoisotopic (exact) mass is 476 g/mol. The van der Waals surface area contributed by atoms with Crippen LogP contribution in [0.1, 0.15) is 21.5 Å². The number of aromatic amines is 1. The van der Waals surface area contributed by atoms with Gasteiger partial charge < -0.3 is 10.1 Å². The fourth-order valence-corrected chi connectivity index (χ4v) is 3.55. The zero-order chi connectivity index (χ0) is 23.9. The number of nitrogens with zero attached hydrogens (tertiary/aromatic N) is 2. The second-order valence-electron chi connectivity index (χ2n) is 7.40. The molecule has 0 fully saturated rings. The lowest BCUT2D eigenvalue weighted by molar-refractivity contribution is 0.0954. The molecule has 4 rings (SSSR count). The van der Waals surface area contributed by atoms with Crippen LogP contribution in [0.15, 0.2) is 88.6 Å². The van der Waals surface area contributed by atoms with Gasteiger partial charge in [-0.25, -0.2) is 4.79 Å². The normalized spacial score (nSPS) is 10.6. The molecule has 3 aromatic carbocycles. The summed E-state index contributed by atoms with van der Waals surface area (Å²) < 4.78 is 6.95. The number of H-pyrrole nitrogens is 1. The lowest BCUT2D eigenvalue weighted by atomic mass is 10.1. The van der Waals surface area contributed by atoms with Crippen molar-refractivity contribution in [3.8, 4) is 11.4 Å². The molecule has 0 unspecified atom stereocenters. The summed E-state index contributed by atoms with van der Waals surface area (Å²) in [6.07, 6.45) is 1.53. The van der Waals surface area contributed by atoms with Crippen molar-refractivity contribution < 1.29 is 9.53 Å². The fraction of sp³-hybridized carbons (Fsp3) is 0.120. The molecule has 0 aliphatic rings. The van der Waals surface area contributed by atoms with Crippen LogP contribution in [0.3, 0.4) is 0 Å². The summed E-state index contributed by atoms with van der Waals surface area (Å²) in [6.45, 7) is 0.798. The Labute approximate surface area is 199 Å². The third kappa shape index (κ3) is 5.60. The minimum atomic E-state index is -0.715. The maximum Gasteiger partial charge on any atom is 0.349 e. The van der Waals surface area contributed by atoms with Crippen LogP contribution >= 0.6 is 11.6 Å². The van der Waals surface area contributed by atoms with Crippen LogP contribution < -0.4 is 21.3 Å². The van der Waals surface area contributed by atoms with Gasteiger partial charge >= 0.3 is 5.69 Å². The molecular formula is C25H21ClN4O4. The molecule has 0 saturated carbocycles. The number of benzene rings is 3. The van der Waals surface area contributed by atoms with Crippen molar-refractivity contribution in [2.45, 2.75) is 13.0 Å². The minimum Gasteiger partial charge on any atom is -0.489 e. The summed E-state index contributed by atoms with van der Waals surface area (Å²) in [4.78, 5) is 38.2. The average Bonchev–Trinajstić information content (AvgIpc) is 2.84. The molecule has 0 aliphatic heterocycles. The minimum absolute atomic E-state index is 0.188. The largest absolute Gasteiger partial charge is 0.489 e. The maximum absolute atomic E-state index is 12.8. The molecule has 1 aromatic heterocycles. The number of nitrogens with one attached hydrogen (secondary N) is 2. The number of rotatable bonds is 8. The van der Waals surface area contributed by atoms with Crippen molar-refractivity contribution in [1.29, 1.82) is 0 Å². The van der Waals surface area contributed by atoms with Crippen LogP contribution in [0.5, 0.6) is 5.75 Å². The molecule has 0 radical (unpaired) electrons. The van der Waals surface area contributed by atoms with Gasteiger partial charge in [-0.3, -0.25) is 14.6 Å². The van der Waals surface area contributed by atoms with E-state index in [2.05, 4.69) is 15.4 Å². The van der Waals surface area contributed by atoms with Gasteiger partial charge in [-0.15, -0.1) is 0 Å². The average molecular weight is 477 g/mol. The lowest BCUT2D eigenvalue weighted by Crippen LogP contribution is -2.31. The van der Waals surface area contributed by atoms with Crippen LogP contribution in [0.4, 0.5) is 0 Å². The Morgan fingerprint density at radius 2 is 1.79 bits per heavy atom. The molecule has 0 saturated heterocycles. The van der Waals surface area contributed by atoms with Gasteiger partial charge in [-0.1, -0.05) is 60.1 Å². The summed E-state index contributed by atoms with van der Waals surface area (Å²) in [6, 6.07) is 22.0. The third-order valence-corrected chi connectivity index (χ3v) is 5.37. The van der Waals surface area contributed by atoms with E-state index >= 15 is 0 Å². The second kappa shape index (κ2) is 10.6. The Hall–Kier alpha value is -4.17. The quantitative estimate of drug-likeness (QED) is 0.406. The first-order valence-electron chi connectivity index (χ1n) is 10.5. The van der Waals surface area contributed by atoms with E-state index in [9.17, 15) is 14.4 Å². The topological polar surface area (TPSA) is 106 Å². The number of carbonyl (C=O) groups is 1. The van der Waals surface area contributed by atoms with Crippen molar-refractivity contribution in [3.05, 3.63) is 122 Å². The summed E-state index contributed by atoms with van der Waals surface area (Å²) in [7, 11) is 0. The second-order valence-corrected chi connectivity index (χ2v) is 7.81. The van der Waals surface area contributed by atoms with Gasteiger partial charge in [-0.2, -0.15) is 9.78 Å². The molecule has 9 heteroatoms. The Bertz CT molecular complexity index is 1420. The van der Waals surface area contributed by atoms with E-state index < -0.39 is 17.2 Å². The van der Waals surface area contributed by atoms with Gasteiger partial charge in [0.2, 0.25) is 0 Å². The van der Waals surface area contributed by atoms with Gasteiger partial charge in [0.05, 0.1) is 16.3 Å². The van der Waals surface area contributed by atoms with E-state index in [0.29, 0.717) is 25.3 Å². The number of halogens is 1. The zero-order valence-corrected chi connectivity index (χ0v) is 18.8. The van der Waals surface area contributed by atoms with Gasteiger partial charge in [-0.05, 0) is 41.8 Å². The van der Waals surface area contributed by atoms with Crippen LogP contribution in [0.25, 0.3) is 5.69 Å². The highest BCUT2D eigenvalue weighted by Crippen LogP contribution is 2.21. The summed E-state index contributed by atoms with van der Waals surface area (Å²) >= 11 is 6.22. The SMILES string of the molecule is O=C(NCCc1ccccc1OCc1ccccc1)c1cc(-n2ncc(=O)[nH]c2=O)ccc1Cl. The van der Waals surface area contributed by atoms with Gasteiger partial charge in [0.15, 0.2) is 0 Å². The van der Waals surface area contributed by atoms with Crippen molar-refractivity contribution in [3.63, 3.8) is 0 Å². The molecule has 0 spiro atoms. The van der Waals surface area contributed by atoms with Crippen LogP contribution in [0.2, 0.25) is 5.02 Å². The molecular weight excluding hydrogens is 456 g/mol. The van der Waals surface area contributed by atoms with Gasteiger partial charge in [0.25, 0.3) is 11.5 Å². The summed E-state index contributed by atoms with van der Waals surface area (Å²) in [5, 5.41) is 6.88. The smallest absolute Gasteiger partial charge is 0.349 e. The number of para-hydroxylation sites is 1. The first-order valence-corrected chi connectivity index (χ1v) is 10.9. The van der Waals surface area contributed by atoms with Crippen molar-refractivity contribution in [1.82, 2.24) is 20.1 Å². The van der Waals surface area contributed by atoms with Crippen LogP contribution in [-0.4, -0.2) is 27.2 Å². The highest BCUT2D eigenvalue weighted by Gasteiger charge is 2.13. The molecule has 1 amide bonds. The number of hydrogen-bond acceptors (Lipinski definition) is 5. The Kier molecular flexibility index (Phi) is 7.19. The number of hydrogen-bond donors (Lipinski definition) is 2. The molecule has 0 bridgehead atoms. The standard InChI is InChI=1S/C25H21ClN4O4/c26-21-11-10-19(30-25(33)29-23(31)15-28-30)14-20(21)24(32)27-13-12-18-8-4-5-9-22(18)34-16-17-6-2-1-3-7-17/h1-11,14-15H,12-13,16H2,(H,27,32)(H,29,31,33). The van der Waals surface area contributed by atoms with E-state index in [1.807, 2.05) is 54.6 Å². The molecule has 2 N–H and O–H groups in total. The maximum atomic E-state index is 12.8. The lowest BCUT2D eigenvalue weighted by Gasteiger charge is -2.13. The Morgan fingerprint density at radius 1 is 1.03 bits per heavy atom. The van der Waals surface area contributed by atoms with Gasteiger partial charge in [0, 0.05) is 6.54 Å². The number of amides is 1. The van der Waals surface area contributed by atoms with Crippen molar-refractivity contribution in [2.24, 2.45) is 0 Å². The zero-order valence-electron chi connectivity index (χ0n) is 18.0. The van der Waals surface area contributed by atoms with E-state index in [1.165, 1.54) is 18.2 Å². The summed E-state index contributed by atoms with van der Waals surface area (Å²) in [5.41, 5.74) is 1.19. The van der Waals surface area contributed by atoms with Crippen molar-refractivity contribution in [2.75, 3.05) is 6.54 Å². The van der Waals surface area contributed by atoms with Crippen LogP contribution in [-0.2, 0) is 13.0 Å². The Morgan fingerprint density at radius 3 is 2.59 bits per heavy atom. The fourth-order valence-electron chi connectivity index (χ4n) is 3.35. The third-order valence-electron chi connectivity index (χ3n) is 5.04.